The van der Waals surface area contributed by atoms with Crippen molar-refractivity contribution in [3.8, 4) is 50.7 Å². The van der Waals surface area contributed by atoms with Gasteiger partial charge in [-0.1, -0.05) is 91.0 Å². The maximum absolute atomic E-state index is 15.4. The van der Waals surface area contributed by atoms with E-state index in [1.54, 1.807) is 24.3 Å². The molecule has 0 radical (unpaired) electrons. The molecule has 8 rings (SSSR count). The molecule has 250 valence electrons. The topological polar surface area (TPSA) is 30.7 Å². The Bertz CT molecular complexity index is 2540. The van der Waals surface area contributed by atoms with Crippen molar-refractivity contribution in [2.24, 2.45) is 0 Å². The summed E-state index contributed by atoms with van der Waals surface area (Å²) in [6.07, 6.45) is 0. The van der Waals surface area contributed by atoms with E-state index in [-0.39, 0.29) is 5.69 Å². The van der Waals surface area contributed by atoms with Gasteiger partial charge in [-0.2, -0.15) is 0 Å². The van der Waals surface area contributed by atoms with E-state index < -0.39 is 68.3 Å². The molecule has 51 heavy (non-hydrogen) atoms. The second kappa shape index (κ2) is 12.2. The Labute approximate surface area is 283 Å². The predicted molar refractivity (Wildman–Crippen MR) is 178 cm³/mol. The molecule has 0 saturated carbocycles. The Morgan fingerprint density at radius 3 is 1.35 bits per heavy atom. The largest absolute Gasteiger partial charge is 0.303 e. The van der Waals surface area contributed by atoms with Gasteiger partial charge in [0.25, 0.3) is 0 Å². The summed E-state index contributed by atoms with van der Waals surface area (Å²) < 4.78 is 120. The first-order chi connectivity index (χ1) is 24.6. The van der Waals surface area contributed by atoms with E-state index >= 15 is 17.6 Å². The molecule has 0 N–H and O–H groups in total. The second-order valence-corrected chi connectivity index (χ2v) is 11.6. The van der Waals surface area contributed by atoms with Crippen molar-refractivity contribution in [3.05, 3.63) is 162 Å². The van der Waals surface area contributed by atoms with Crippen LogP contribution in [0.2, 0.25) is 0 Å². The first-order valence-corrected chi connectivity index (χ1v) is 15.4. The summed E-state index contributed by atoms with van der Waals surface area (Å²) in [6.45, 7) is 0. The van der Waals surface area contributed by atoms with Crippen LogP contribution in [-0.2, 0) is 0 Å². The van der Waals surface area contributed by atoms with Crippen LogP contribution in [0.1, 0.15) is 0 Å². The lowest BCUT2D eigenvalue weighted by molar-refractivity contribution is 0.416. The second-order valence-electron chi connectivity index (χ2n) is 11.6. The molecule has 0 fully saturated rings. The molecule has 0 aliphatic heterocycles. The fourth-order valence-corrected chi connectivity index (χ4v) is 6.24. The summed E-state index contributed by atoms with van der Waals surface area (Å²) in [7, 11) is 0. The van der Waals surface area contributed by atoms with Gasteiger partial charge in [0.15, 0.2) is 52.4 Å². The third-order valence-electron chi connectivity index (χ3n) is 8.61. The van der Waals surface area contributed by atoms with Gasteiger partial charge in [-0.25, -0.2) is 45.1 Å². The van der Waals surface area contributed by atoms with Crippen LogP contribution in [0.15, 0.2) is 115 Å². The first kappa shape index (κ1) is 31.9. The standard InChI is InChI=1S/C40H19F8N3/c41-30-28-29-31(42)33(44)35(46)37(48)39(29)51(38(28)36(47)34(45)32(30)43)25-16-8-14-23(18-25)22-13-7-15-24(17-22)27-19-26(20-9-3-1-4-10-20)49-40(50-27)21-11-5-2-6-12-21/h1-19H. The fraction of sp³-hybridized carbons (Fsp3) is 0. The van der Waals surface area contributed by atoms with Crippen LogP contribution in [0.25, 0.3) is 72.5 Å². The number of fused-ring (bicyclic) bond motifs is 3. The maximum atomic E-state index is 15.4. The number of hydrogen-bond acceptors (Lipinski definition) is 2. The third kappa shape index (κ3) is 5.11. The Morgan fingerprint density at radius 2 is 0.784 bits per heavy atom. The van der Waals surface area contributed by atoms with Gasteiger partial charge in [-0.05, 0) is 35.4 Å². The third-order valence-corrected chi connectivity index (χ3v) is 8.61. The van der Waals surface area contributed by atoms with Crippen molar-refractivity contribution in [1.82, 2.24) is 14.5 Å². The zero-order valence-corrected chi connectivity index (χ0v) is 25.8. The minimum Gasteiger partial charge on any atom is -0.303 e. The highest BCUT2D eigenvalue weighted by atomic mass is 19.2. The van der Waals surface area contributed by atoms with Crippen LogP contribution in [0, 0.1) is 46.5 Å². The molecule has 8 aromatic rings. The average Bonchev–Trinajstić information content (AvgIpc) is 3.55. The number of aromatic nitrogens is 3. The number of benzene rings is 6. The number of rotatable bonds is 5. The van der Waals surface area contributed by atoms with Gasteiger partial charge in [-0.15, -0.1) is 0 Å². The van der Waals surface area contributed by atoms with Crippen molar-refractivity contribution in [2.45, 2.75) is 0 Å². The fourth-order valence-electron chi connectivity index (χ4n) is 6.24. The van der Waals surface area contributed by atoms with E-state index in [1.807, 2.05) is 72.8 Å². The SMILES string of the molecule is Fc1c(F)c(F)c2c(c1F)c1c(F)c(F)c(F)c(F)c1n2-c1cccc(-c2cccc(-c3cc(-c4ccccc4)nc(-c4ccccc4)n3)c2)c1. The van der Waals surface area contributed by atoms with Gasteiger partial charge in [0.2, 0.25) is 0 Å². The smallest absolute Gasteiger partial charge is 0.199 e. The Kier molecular flexibility index (Phi) is 7.63. The summed E-state index contributed by atoms with van der Waals surface area (Å²) >= 11 is 0. The van der Waals surface area contributed by atoms with Crippen LogP contribution in [0.3, 0.4) is 0 Å². The molecule has 0 amide bonds. The van der Waals surface area contributed by atoms with Crippen LogP contribution in [-0.4, -0.2) is 14.5 Å². The maximum Gasteiger partial charge on any atom is 0.199 e. The molecule has 6 aromatic carbocycles. The molecular formula is C40H19F8N3. The molecule has 0 aliphatic carbocycles. The summed E-state index contributed by atoms with van der Waals surface area (Å²) in [5, 5.41) is -2.59. The van der Waals surface area contributed by atoms with Crippen molar-refractivity contribution in [2.75, 3.05) is 0 Å². The van der Waals surface area contributed by atoms with E-state index in [1.165, 1.54) is 18.2 Å². The lowest BCUT2D eigenvalue weighted by Crippen LogP contribution is -2.03. The van der Waals surface area contributed by atoms with Gasteiger partial charge in [-0.3, -0.25) is 0 Å². The summed E-state index contributed by atoms with van der Waals surface area (Å²) in [5.74, 6) is -17.0. The molecule has 2 aromatic heterocycles. The van der Waals surface area contributed by atoms with Crippen molar-refractivity contribution < 1.29 is 35.1 Å². The minimum atomic E-state index is -2.33. The summed E-state index contributed by atoms with van der Waals surface area (Å²) in [5.41, 5.74) is 1.94. The molecule has 0 saturated heterocycles. The van der Waals surface area contributed by atoms with Gasteiger partial charge in [0, 0.05) is 22.4 Å². The summed E-state index contributed by atoms with van der Waals surface area (Å²) in [4.78, 5) is 9.62. The molecule has 0 aliphatic rings. The van der Waals surface area contributed by atoms with Crippen molar-refractivity contribution in [3.63, 3.8) is 0 Å². The normalized spacial score (nSPS) is 11.5. The van der Waals surface area contributed by atoms with Gasteiger partial charge in [0.05, 0.1) is 33.2 Å². The Balaban J connectivity index is 1.32. The van der Waals surface area contributed by atoms with Crippen LogP contribution in [0.5, 0.6) is 0 Å². The molecular weight excluding hydrogens is 674 g/mol. The molecule has 11 heteroatoms. The first-order valence-electron chi connectivity index (χ1n) is 15.4. The van der Waals surface area contributed by atoms with Gasteiger partial charge >= 0.3 is 0 Å². The minimum absolute atomic E-state index is 0.216. The van der Waals surface area contributed by atoms with Crippen LogP contribution < -0.4 is 0 Å². The van der Waals surface area contributed by atoms with Crippen molar-refractivity contribution in [1.29, 1.82) is 0 Å². The number of halogens is 8. The molecule has 2 heterocycles. The van der Waals surface area contributed by atoms with E-state index in [0.29, 0.717) is 38.5 Å². The Hall–Kier alpha value is -6.36. The lowest BCUT2D eigenvalue weighted by atomic mass is 10.00. The van der Waals surface area contributed by atoms with E-state index in [2.05, 4.69) is 0 Å². The number of hydrogen-bond donors (Lipinski definition) is 0. The Morgan fingerprint density at radius 1 is 0.353 bits per heavy atom. The molecule has 3 nitrogen and oxygen atoms in total. The highest BCUT2D eigenvalue weighted by molar-refractivity contribution is 6.10. The molecule has 0 unspecified atom stereocenters. The van der Waals surface area contributed by atoms with E-state index in [9.17, 15) is 17.6 Å². The highest BCUT2D eigenvalue weighted by Gasteiger charge is 2.33. The zero-order chi connectivity index (χ0) is 35.6. The van der Waals surface area contributed by atoms with E-state index in [4.69, 9.17) is 9.97 Å². The van der Waals surface area contributed by atoms with Crippen LogP contribution >= 0.6 is 0 Å². The molecule has 0 atom stereocenters. The monoisotopic (exact) mass is 693 g/mol. The van der Waals surface area contributed by atoms with Gasteiger partial charge in [0.1, 0.15) is 0 Å². The number of nitrogens with zero attached hydrogens (tertiary/aromatic N) is 3. The van der Waals surface area contributed by atoms with Crippen molar-refractivity contribution >= 4 is 21.8 Å². The van der Waals surface area contributed by atoms with E-state index in [0.717, 1.165) is 11.1 Å². The predicted octanol–water partition coefficient (Wildman–Crippen LogP) is 11.4. The zero-order valence-electron chi connectivity index (χ0n) is 25.8. The quantitative estimate of drug-likeness (QED) is 0.102. The molecule has 0 spiro atoms. The van der Waals surface area contributed by atoms with Crippen LogP contribution in [0.4, 0.5) is 35.1 Å². The van der Waals surface area contributed by atoms with Gasteiger partial charge < -0.3 is 4.57 Å². The highest BCUT2D eigenvalue weighted by Crippen LogP contribution is 2.42. The lowest BCUT2D eigenvalue weighted by Gasteiger charge is -2.13. The average molecular weight is 694 g/mol. The molecule has 0 bridgehead atoms. The summed E-state index contributed by atoms with van der Waals surface area (Å²) in [6, 6.07) is 33.4.